The second kappa shape index (κ2) is 6.55. The molecule has 0 atom stereocenters. The lowest BCUT2D eigenvalue weighted by atomic mass is 10.3. The molecule has 1 heterocycles. The van der Waals surface area contributed by atoms with E-state index >= 15 is 0 Å². The van der Waals surface area contributed by atoms with Gasteiger partial charge < -0.3 is 9.88 Å². The molecule has 23 heavy (non-hydrogen) atoms. The Morgan fingerprint density at radius 3 is 2.74 bits per heavy atom. The lowest BCUT2D eigenvalue weighted by Gasteiger charge is -2.08. The van der Waals surface area contributed by atoms with Crippen molar-refractivity contribution >= 4 is 34.4 Å². The monoisotopic (exact) mass is 322 g/mol. The Morgan fingerprint density at radius 1 is 1.26 bits per heavy atom. The van der Waals surface area contributed by atoms with Crippen molar-refractivity contribution in [1.82, 2.24) is 9.55 Å². The van der Waals surface area contributed by atoms with E-state index in [4.69, 9.17) is 5.26 Å². The number of aromatic nitrogens is 2. The van der Waals surface area contributed by atoms with E-state index in [1.54, 1.807) is 24.3 Å². The van der Waals surface area contributed by atoms with Gasteiger partial charge in [0.25, 0.3) is 0 Å². The number of imidazole rings is 1. The standard InChI is InChI=1S/C17H14N4OS/c1-12-19-15-4-2-3-5-16(15)21(12)10-17(22)20-13-6-8-14(9-7-13)23-11-18/h2-9H,10H2,1H3,(H,20,22). The summed E-state index contributed by atoms with van der Waals surface area (Å²) in [6.45, 7) is 2.10. The van der Waals surface area contributed by atoms with Gasteiger partial charge in [-0.1, -0.05) is 12.1 Å². The minimum Gasteiger partial charge on any atom is -0.325 e. The molecule has 0 unspecified atom stereocenters. The van der Waals surface area contributed by atoms with Crippen LogP contribution in [0.3, 0.4) is 0 Å². The van der Waals surface area contributed by atoms with Crippen molar-refractivity contribution in [3.05, 3.63) is 54.4 Å². The number of amides is 1. The minimum atomic E-state index is -0.114. The van der Waals surface area contributed by atoms with Crippen molar-refractivity contribution in [1.29, 1.82) is 5.26 Å². The summed E-state index contributed by atoms with van der Waals surface area (Å²) in [6.07, 6.45) is 0. The van der Waals surface area contributed by atoms with Gasteiger partial charge in [0, 0.05) is 10.6 Å². The fraction of sp³-hybridized carbons (Fsp3) is 0.118. The second-order valence-corrected chi connectivity index (χ2v) is 5.86. The number of carbonyl (C=O) groups excluding carboxylic acids is 1. The van der Waals surface area contributed by atoms with E-state index in [-0.39, 0.29) is 12.5 Å². The number of para-hydroxylation sites is 2. The van der Waals surface area contributed by atoms with Crippen molar-refractivity contribution in [2.45, 2.75) is 18.4 Å². The summed E-state index contributed by atoms with van der Waals surface area (Å²) in [5.41, 5.74) is 2.54. The highest BCUT2D eigenvalue weighted by Crippen LogP contribution is 2.19. The summed E-state index contributed by atoms with van der Waals surface area (Å²) in [5, 5.41) is 13.5. The van der Waals surface area contributed by atoms with Crippen molar-refractivity contribution in [2.75, 3.05) is 5.32 Å². The van der Waals surface area contributed by atoms with Gasteiger partial charge in [0.15, 0.2) is 0 Å². The van der Waals surface area contributed by atoms with Crippen LogP contribution in [-0.2, 0) is 11.3 Å². The average Bonchev–Trinajstić information content (AvgIpc) is 2.85. The quantitative estimate of drug-likeness (QED) is 0.589. The van der Waals surface area contributed by atoms with Gasteiger partial charge in [0.2, 0.25) is 5.91 Å². The molecular weight excluding hydrogens is 308 g/mol. The molecule has 0 radical (unpaired) electrons. The van der Waals surface area contributed by atoms with Gasteiger partial charge in [0.05, 0.1) is 11.0 Å². The summed E-state index contributed by atoms with van der Waals surface area (Å²) in [4.78, 5) is 17.6. The maximum atomic E-state index is 12.3. The van der Waals surface area contributed by atoms with Crippen LogP contribution in [0.1, 0.15) is 5.82 Å². The number of fused-ring (bicyclic) bond motifs is 1. The van der Waals surface area contributed by atoms with Crippen LogP contribution in [0.2, 0.25) is 0 Å². The molecule has 1 aromatic heterocycles. The van der Waals surface area contributed by atoms with Gasteiger partial charge in [-0.15, -0.1) is 0 Å². The first-order chi connectivity index (χ1) is 11.2. The molecule has 0 aliphatic rings. The van der Waals surface area contributed by atoms with E-state index in [2.05, 4.69) is 10.3 Å². The van der Waals surface area contributed by atoms with E-state index in [9.17, 15) is 4.79 Å². The molecule has 5 nitrogen and oxygen atoms in total. The molecule has 0 aliphatic carbocycles. The van der Waals surface area contributed by atoms with Crippen LogP contribution in [0.5, 0.6) is 0 Å². The largest absolute Gasteiger partial charge is 0.325 e. The Kier molecular flexibility index (Phi) is 4.31. The molecule has 114 valence electrons. The molecule has 6 heteroatoms. The predicted molar refractivity (Wildman–Crippen MR) is 91.0 cm³/mol. The van der Waals surface area contributed by atoms with Gasteiger partial charge in [-0.05, 0) is 55.1 Å². The lowest BCUT2D eigenvalue weighted by Crippen LogP contribution is -2.19. The van der Waals surface area contributed by atoms with Gasteiger partial charge >= 0.3 is 0 Å². The number of anilines is 1. The maximum Gasteiger partial charge on any atom is 0.244 e. The smallest absolute Gasteiger partial charge is 0.244 e. The molecule has 0 bridgehead atoms. The first-order valence-corrected chi connectivity index (χ1v) is 7.87. The van der Waals surface area contributed by atoms with E-state index < -0.39 is 0 Å². The summed E-state index contributed by atoms with van der Waals surface area (Å²) in [6, 6.07) is 14.9. The third-order valence-electron chi connectivity index (χ3n) is 3.45. The minimum absolute atomic E-state index is 0.114. The number of hydrogen-bond acceptors (Lipinski definition) is 4. The van der Waals surface area contributed by atoms with Crippen LogP contribution in [0.15, 0.2) is 53.4 Å². The van der Waals surface area contributed by atoms with Crippen LogP contribution in [0.25, 0.3) is 11.0 Å². The highest BCUT2D eigenvalue weighted by atomic mass is 32.2. The van der Waals surface area contributed by atoms with E-state index in [0.717, 1.165) is 33.5 Å². The zero-order chi connectivity index (χ0) is 16.2. The molecule has 0 fully saturated rings. The fourth-order valence-electron chi connectivity index (χ4n) is 2.40. The first-order valence-electron chi connectivity index (χ1n) is 7.05. The number of aryl methyl sites for hydroxylation is 1. The number of nitriles is 1. The Bertz CT molecular complexity index is 893. The molecule has 2 aromatic carbocycles. The highest BCUT2D eigenvalue weighted by Gasteiger charge is 2.10. The number of rotatable bonds is 4. The normalized spacial score (nSPS) is 10.4. The highest BCUT2D eigenvalue weighted by molar-refractivity contribution is 8.03. The number of thioether (sulfide) groups is 1. The Labute approximate surface area is 137 Å². The SMILES string of the molecule is Cc1nc2ccccc2n1CC(=O)Nc1ccc(SC#N)cc1. The molecule has 0 saturated carbocycles. The topological polar surface area (TPSA) is 70.7 Å². The van der Waals surface area contributed by atoms with E-state index in [1.165, 1.54) is 0 Å². The molecule has 3 rings (SSSR count). The lowest BCUT2D eigenvalue weighted by molar-refractivity contribution is -0.116. The number of nitrogens with zero attached hydrogens (tertiary/aromatic N) is 3. The third-order valence-corrected chi connectivity index (χ3v) is 4.05. The molecule has 0 spiro atoms. The zero-order valence-corrected chi connectivity index (χ0v) is 13.3. The van der Waals surface area contributed by atoms with Crippen LogP contribution < -0.4 is 5.32 Å². The van der Waals surface area contributed by atoms with Gasteiger partial charge in [-0.2, -0.15) is 5.26 Å². The molecule has 0 saturated heterocycles. The second-order valence-electron chi connectivity index (χ2n) is 5.00. The zero-order valence-electron chi connectivity index (χ0n) is 12.5. The van der Waals surface area contributed by atoms with Crippen LogP contribution in [0.4, 0.5) is 5.69 Å². The van der Waals surface area contributed by atoms with Crippen molar-refractivity contribution in [2.24, 2.45) is 0 Å². The Morgan fingerprint density at radius 2 is 2.00 bits per heavy atom. The maximum absolute atomic E-state index is 12.3. The van der Waals surface area contributed by atoms with Gasteiger partial charge in [-0.25, -0.2) is 4.98 Å². The Hall–Kier alpha value is -2.78. The van der Waals surface area contributed by atoms with Crippen LogP contribution in [-0.4, -0.2) is 15.5 Å². The molecular formula is C17H14N4OS. The molecule has 1 N–H and O–H groups in total. The molecule has 0 aliphatic heterocycles. The number of thiocyanates is 1. The van der Waals surface area contributed by atoms with Crippen molar-refractivity contribution in [3.63, 3.8) is 0 Å². The van der Waals surface area contributed by atoms with Crippen molar-refractivity contribution < 1.29 is 4.79 Å². The summed E-state index contributed by atoms with van der Waals surface area (Å²) in [7, 11) is 0. The first kappa shape index (κ1) is 15.1. The van der Waals surface area contributed by atoms with E-state index in [1.807, 2.05) is 41.2 Å². The molecule has 1 amide bonds. The summed E-state index contributed by atoms with van der Waals surface area (Å²) >= 11 is 1.09. The number of nitrogens with one attached hydrogen (secondary N) is 1. The van der Waals surface area contributed by atoms with Crippen LogP contribution >= 0.6 is 11.8 Å². The molecule has 3 aromatic rings. The number of hydrogen-bond donors (Lipinski definition) is 1. The summed E-state index contributed by atoms with van der Waals surface area (Å²) < 4.78 is 1.89. The summed E-state index contributed by atoms with van der Waals surface area (Å²) in [5.74, 6) is 0.694. The average molecular weight is 322 g/mol. The third kappa shape index (κ3) is 3.35. The number of carbonyl (C=O) groups is 1. The van der Waals surface area contributed by atoms with Gasteiger partial charge in [0.1, 0.15) is 17.8 Å². The number of benzene rings is 2. The van der Waals surface area contributed by atoms with Gasteiger partial charge in [-0.3, -0.25) is 4.79 Å². The fourth-order valence-corrected chi connectivity index (χ4v) is 2.78. The predicted octanol–water partition coefficient (Wildman–Crippen LogP) is 3.56. The van der Waals surface area contributed by atoms with Crippen molar-refractivity contribution in [3.8, 4) is 5.40 Å². The van der Waals surface area contributed by atoms with Crippen LogP contribution in [0, 0.1) is 17.6 Å². The van der Waals surface area contributed by atoms with E-state index in [0.29, 0.717) is 5.69 Å². The Balaban J connectivity index is 1.74.